The Morgan fingerprint density at radius 1 is 1.07 bits per heavy atom. The van der Waals surface area contributed by atoms with Crippen LogP contribution in [0.25, 0.3) is 0 Å². The predicted molar refractivity (Wildman–Crippen MR) is 115 cm³/mol. The van der Waals surface area contributed by atoms with Gasteiger partial charge in [-0.1, -0.05) is 18.2 Å². The highest BCUT2D eigenvalue weighted by atomic mass is 16.5. The molecule has 3 aromatic rings. The Hall–Kier alpha value is -3.45. The molecule has 0 saturated carbocycles. The van der Waals surface area contributed by atoms with E-state index in [1.165, 1.54) is 6.33 Å². The first-order valence-electron chi connectivity index (χ1n) is 9.70. The van der Waals surface area contributed by atoms with Gasteiger partial charge in [-0.15, -0.1) is 0 Å². The summed E-state index contributed by atoms with van der Waals surface area (Å²) in [5.74, 6) is 2.36. The zero-order chi connectivity index (χ0) is 20.1. The molecule has 0 spiro atoms. The summed E-state index contributed by atoms with van der Waals surface area (Å²) in [6.07, 6.45) is 3.59. The number of hydrogen-bond acceptors (Lipinski definition) is 7. The van der Waals surface area contributed by atoms with Crippen LogP contribution in [0.4, 0.5) is 11.6 Å². The van der Waals surface area contributed by atoms with Crippen molar-refractivity contribution in [1.29, 1.82) is 5.41 Å². The van der Waals surface area contributed by atoms with Gasteiger partial charge in [0, 0.05) is 18.2 Å². The van der Waals surface area contributed by atoms with Gasteiger partial charge in [0.2, 0.25) is 0 Å². The van der Waals surface area contributed by atoms with E-state index in [0.29, 0.717) is 22.9 Å². The lowest BCUT2D eigenvalue weighted by Crippen LogP contribution is -2.39. The molecule has 5 N–H and O–H groups in total. The summed E-state index contributed by atoms with van der Waals surface area (Å²) in [4.78, 5) is 8.46. The molecule has 0 unspecified atom stereocenters. The Labute approximate surface area is 169 Å². The normalized spacial score (nSPS) is 16.2. The summed E-state index contributed by atoms with van der Waals surface area (Å²) >= 11 is 0. The summed E-state index contributed by atoms with van der Waals surface area (Å²) in [5, 5.41) is 15.5. The van der Waals surface area contributed by atoms with Gasteiger partial charge in [-0.05, 0) is 55.8 Å². The number of benzene rings is 2. The maximum Gasteiger partial charge on any atom is 0.141 e. The summed E-state index contributed by atoms with van der Waals surface area (Å²) in [7, 11) is 0. The van der Waals surface area contributed by atoms with Crippen LogP contribution >= 0.6 is 0 Å². The van der Waals surface area contributed by atoms with E-state index in [1.54, 1.807) is 0 Å². The molecule has 148 valence electrons. The Morgan fingerprint density at radius 3 is 2.55 bits per heavy atom. The van der Waals surface area contributed by atoms with Gasteiger partial charge < -0.3 is 21.1 Å². The first-order valence-corrected chi connectivity index (χ1v) is 9.70. The molecule has 4 rings (SSSR count). The molecule has 29 heavy (non-hydrogen) atoms. The molecular weight excluding hydrogens is 364 g/mol. The number of nitrogen functional groups attached to an aromatic ring is 1. The standard InChI is InChI=1S/C22H24N6O/c23-20(15-8-10-18(11-9-15)29-17-6-2-1-3-7-17)19-21(24)26-14-27-22(19)28-16-5-4-12-25-13-16/h1-3,6-11,14,16,23,25H,4-5,12-13H2,(H3,24,26,27,28)/t16-/m1/s1. The van der Waals surface area contributed by atoms with Crippen LogP contribution in [0.3, 0.4) is 0 Å². The highest BCUT2D eigenvalue weighted by molar-refractivity contribution is 6.16. The smallest absolute Gasteiger partial charge is 0.141 e. The van der Waals surface area contributed by atoms with E-state index >= 15 is 0 Å². The molecule has 1 atom stereocenters. The van der Waals surface area contributed by atoms with Crippen LogP contribution in [-0.2, 0) is 0 Å². The number of rotatable bonds is 6. The highest BCUT2D eigenvalue weighted by Crippen LogP contribution is 2.26. The lowest BCUT2D eigenvalue weighted by atomic mass is 10.0. The molecule has 7 nitrogen and oxygen atoms in total. The Morgan fingerprint density at radius 2 is 1.83 bits per heavy atom. The van der Waals surface area contributed by atoms with Crippen molar-refractivity contribution in [3.05, 3.63) is 72.1 Å². The third-order valence-corrected chi connectivity index (χ3v) is 4.89. The number of piperidine rings is 1. The molecule has 2 aromatic carbocycles. The minimum atomic E-state index is 0.256. The average Bonchev–Trinajstić information content (AvgIpc) is 2.75. The molecule has 1 aliphatic heterocycles. The van der Waals surface area contributed by atoms with Gasteiger partial charge in [0.05, 0.1) is 11.3 Å². The SMILES string of the molecule is N=C(c1ccc(Oc2ccccc2)cc1)c1c(N)ncnc1N[C@@H]1CCCNC1. The fourth-order valence-corrected chi connectivity index (χ4v) is 3.38. The largest absolute Gasteiger partial charge is 0.457 e. The number of nitrogens with one attached hydrogen (secondary N) is 3. The van der Waals surface area contributed by atoms with Crippen LogP contribution in [0.15, 0.2) is 60.9 Å². The molecule has 0 aliphatic carbocycles. The summed E-state index contributed by atoms with van der Waals surface area (Å²) < 4.78 is 5.83. The maximum atomic E-state index is 8.70. The van der Waals surface area contributed by atoms with Crippen molar-refractivity contribution in [3.8, 4) is 11.5 Å². The van der Waals surface area contributed by atoms with Crippen LogP contribution in [0.5, 0.6) is 11.5 Å². The van der Waals surface area contributed by atoms with Crippen molar-refractivity contribution >= 4 is 17.3 Å². The minimum Gasteiger partial charge on any atom is -0.457 e. The van der Waals surface area contributed by atoms with Crippen molar-refractivity contribution in [3.63, 3.8) is 0 Å². The fourth-order valence-electron chi connectivity index (χ4n) is 3.38. The maximum absolute atomic E-state index is 8.70. The van der Waals surface area contributed by atoms with E-state index in [1.807, 2.05) is 54.6 Å². The minimum absolute atomic E-state index is 0.256. The summed E-state index contributed by atoms with van der Waals surface area (Å²) in [5.41, 5.74) is 7.65. The second kappa shape index (κ2) is 8.70. The first kappa shape index (κ1) is 18.9. The molecule has 0 bridgehead atoms. The number of nitrogens with zero attached hydrogens (tertiary/aromatic N) is 2. The molecule has 1 aliphatic rings. The van der Waals surface area contributed by atoms with Gasteiger partial charge in [0.1, 0.15) is 29.5 Å². The second-order valence-electron chi connectivity index (χ2n) is 6.98. The van der Waals surface area contributed by atoms with E-state index < -0.39 is 0 Å². The number of ether oxygens (including phenoxy) is 1. The Balaban J connectivity index is 1.54. The van der Waals surface area contributed by atoms with E-state index in [-0.39, 0.29) is 11.8 Å². The molecule has 2 heterocycles. The van der Waals surface area contributed by atoms with Crippen molar-refractivity contribution < 1.29 is 4.74 Å². The van der Waals surface area contributed by atoms with Crippen LogP contribution in [0.1, 0.15) is 24.0 Å². The topological polar surface area (TPSA) is 109 Å². The van der Waals surface area contributed by atoms with Gasteiger partial charge >= 0.3 is 0 Å². The Kier molecular flexibility index (Phi) is 5.67. The highest BCUT2D eigenvalue weighted by Gasteiger charge is 2.20. The third-order valence-electron chi connectivity index (χ3n) is 4.89. The van der Waals surface area contributed by atoms with Gasteiger partial charge in [0.15, 0.2) is 0 Å². The van der Waals surface area contributed by atoms with E-state index in [0.717, 1.165) is 37.2 Å². The predicted octanol–water partition coefficient (Wildman–Crippen LogP) is 3.43. The van der Waals surface area contributed by atoms with Crippen LogP contribution in [-0.4, -0.2) is 34.8 Å². The van der Waals surface area contributed by atoms with Gasteiger partial charge in [-0.25, -0.2) is 9.97 Å². The molecule has 0 radical (unpaired) electrons. The van der Waals surface area contributed by atoms with Gasteiger partial charge in [-0.2, -0.15) is 0 Å². The quantitative estimate of drug-likeness (QED) is 0.482. The molecule has 1 aromatic heterocycles. The monoisotopic (exact) mass is 388 g/mol. The molecule has 1 fully saturated rings. The summed E-state index contributed by atoms with van der Waals surface area (Å²) in [6, 6.07) is 17.2. The van der Waals surface area contributed by atoms with Crippen LogP contribution in [0, 0.1) is 5.41 Å². The number of nitrogens with two attached hydrogens (primary N) is 1. The van der Waals surface area contributed by atoms with Gasteiger partial charge in [0.25, 0.3) is 0 Å². The summed E-state index contributed by atoms with van der Waals surface area (Å²) in [6.45, 7) is 1.90. The number of anilines is 2. The average molecular weight is 388 g/mol. The van der Waals surface area contributed by atoms with Crippen LogP contribution < -0.4 is 21.1 Å². The lowest BCUT2D eigenvalue weighted by Gasteiger charge is -2.25. The number of aromatic nitrogens is 2. The van der Waals surface area contributed by atoms with Crippen molar-refractivity contribution in [1.82, 2.24) is 15.3 Å². The number of hydrogen-bond donors (Lipinski definition) is 4. The number of para-hydroxylation sites is 1. The van der Waals surface area contributed by atoms with Crippen molar-refractivity contribution in [2.24, 2.45) is 0 Å². The molecule has 1 saturated heterocycles. The van der Waals surface area contributed by atoms with E-state index in [2.05, 4.69) is 20.6 Å². The van der Waals surface area contributed by atoms with Crippen molar-refractivity contribution in [2.75, 3.05) is 24.1 Å². The lowest BCUT2D eigenvalue weighted by molar-refractivity contribution is 0.479. The fraction of sp³-hybridized carbons (Fsp3) is 0.227. The van der Waals surface area contributed by atoms with E-state index in [4.69, 9.17) is 15.9 Å². The Bertz CT molecular complexity index is 968. The van der Waals surface area contributed by atoms with E-state index in [9.17, 15) is 0 Å². The molecule has 7 heteroatoms. The molecular formula is C22H24N6O. The zero-order valence-corrected chi connectivity index (χ0v) is 16.1. The first-order chi connectivity index (χ1) is 14.2. The third kappa shape index (κ3) is 4.52. The zero-order valence-electron chi connectivity index (χ0n) is 16.1. The van der Waals surface area contributed by atoms with Gasteiger partial charge in [-0.3, -0.25) is 5.41 Å². The molecule has 0 amide bonds. The van der Waals surface area contributed by atoms with Crippen LogP contribution in [0.2, 0.25) is 0 Å². The van der Waals surface area contributed by atoms with Crippen molar-refractivity contribution in [2.45, 2.75) is 18.9 Å². The second-order valence-corrected chi connectivity index (χ2v) is 6.98.